The van der Waals surface area contributed by atoms with E-state index in [1.54, 1.807) is 0 Å². The molecule has 1 saturated heterocycles. The number of rotatable bonds is 1. The molecule has 0 aromatic carbocycles. The smallest absolute Gasteiger partial charge is 0.138 e. The van der Waals surface area contributed by atoms with Crippen LogP contribution in [0.1, 0.15) is 0 Å². The van der Waals surface area contributed by atoms with Gasteiger partial charge in [-0.15, -0.1) is 0 Å². The Bertz CT molecular complexity index is 505. The van der Waals surface area contributed by atoms with Gasteiger partial charge in [0.15, 0.2) is 0 Å². The van der Waals surface area contributed by atoms with Gasteiger partial charge in [-0.1, -0.05) is 0 Å². The van der Waals surface area contributed by atoms with Crippen LogP contribution in [0.4, 0.5) is 5.69 Å². The minimum atomic E-state index is 0.986. The first kappa shape index (κ1) is 10.7. The molecule has 0 bridgehead atoms. The number of pyridine rings is 1. The van der Waals surface area contributed by atoms with Gasteiger partial charge in [-0.2, -0.15) is 11.8 Å². The normalized spacial score (nSPS) is 16.9. The number of aromatic nitrogens is 2. The van der Waals surface area contributed by atoms with Gasteiger partial charge in [-0.25, -0.2) is 4.98 Å². The van der Waals surface area contributed by atoms with E-state index in [2.05, 4.69) is 43.5 Å². The van der Waals surface area contributed by atoms with Crippen LogP contribution in [0.5, 0.6) is 0 Å². The highest BCUT2D eigenvalue weighted by molar-refractivity contribution is 14.1. The van der Waals surface area contributed by atoms with Gasteiger partial charge in [0.2, 0.25) is 0 Å². The lowest BCUT2D eigenvalue weighted by Gasteiger charge is -2.28. The van der Waals surface area contributed by atoms with Gasteiger partial charge in [0.1, 0.15) is 5.65 Å². The maximum Gasteiger partial charge on any atom is 0.138 e. The minimum Gasteiger partial charge on any atom is -0.369 e. The van der Waals surface area contributed by atoms with Gasteiger partial charge in [-0.3, -0.25) is 0 Å². The van der Waals surface area contributed by atoms with Crippen LogP contribution < -0.4 is 4.90 Å². The van der Waals surface area contributed by atoms with Gasteiger partial charge in [0, 0.05) is 39.7 Å². The van der Waals surface area contributed by atoms with Crippen LogP contribution in [-0.2, 0) is 0 Å². The molecule has 1 N–H and O–H groups in total. The Kier molecular flexibility index (Phi) is 2.97. The molecule has 3 rings (SSSR count). The van der Waals surface area contributed by atoms with Crippen LogP contribution in [0.15, 0.2) is 18.5 Å². The number of H-pyrrole nitrogens is 1. The molecule has 2 aromatic rings. The molecule has 5 heteroatoms. The number of halogens is 1. The number of fused-ring (bicyclic) bond motifs is 1. The summed E-state index contributed by atoms with van der Waals surface area (Å²) in [5.74, 6) is 2.45. The van der Waals surface area contributed by atoms with Gasteiger partial charge in [0.25, 0.3) is 0 Å². The van der Waals surface area contributed by atoms with Crippen LogP contribution in [0.25, 0.3) is 11.0 Å². The Morgan fingerprint density at radius 3 is 3.00 bits per heavy atom. The van der Waals surface area contributed by atoms with Crippen molar-refractivity contribution >= 4 is 51.1 Å². The Balaban J connectivity index is 1.99. The largest absolute Gasteiger partial charge is 0.369 e. The maximum atomic E-state index is 4.47. The standard InChI is InChI=1S/C11H12IN3S/c12-10-7-14-11-9(10)5-8(6-13-11)15-1-3-16-4-2-15/h5-7H,1-4H2,(H,13,14). The van der Waals surface area contributed by atoms with Crippen molar-refractivity contribution in [1.29, 1.82) is 0 Å². The summed E-state index contributed by atoms with van der Waals surface area (Å²) in [6, 6.07) is 2.25. The van der Waals surface area contributed by atoms with Crippen LogP contribution in [0.3, 0.4) is 0 Å². The summed E-state index contributed by atoms with van der Waals surface area (Å²) >= 11 is 4.38. The van der Waals surface area contributed by atoms with E-state index in [1.807, 2.05) is 24.2 Å². The van der Waals surface area contributed by atoms with E-state index < -0.39 is 0 Å². The van der Waals surface area contributed by atoms with Crippen molar-refractivity contribution in [2.75, 3.05) is 29.5 Å². The van der Waals surface area contributed by atoms with Gasteiger partial charge in [0.05, 0.1) is 11.9 Å². The average Bonchev–Trinajstić information content (AvgIpc) is 2.72. The number of nitrogens with zero attached hydrogens (tertiary/aromatic N) is 2. The third-order valence-corrected chi connectivity index (χ3v) is 4.68. The molecule has 84 valence electrons. The Morgan fingerprint density at radius 2 is 2.19 bits per heavy atom. The molecule has 0 amide bonds. The topological polar surface area (TPSA) is 31.9 Å². The number of thioether (sulfide) groups is 1. The Morgan fingerprint density at radius 1 is 1.38 bits per heavy atom. The Hall–Kier alpha value is -0.430. The van der Waals surface area contributed by atoms with E-state index in [0.29, 0.717) is 0 Å². The molecule has 3 nitrogen and oxygen atoms in total. The summed E-state index contributed by atoms with van der Waals surface area (Å²) in [6.07, 6.45) is 3.99. The monoisotopic (exact) mass is 345 g/mol. The van der Waals surface area contributed by atoms with Crippen molar-refractivity contribution in [3.05, 3.63) is 22.0 Å². The zero-order chi connectivity index (χ0) is 11.0. The molecular formula is C11H12IN3S. The van der Waals surface area contributed by atoms with Gasteiger partial charge >= 0.3 is 0 Å². The predicted octanol–water partition coefficient (Wildman–Crippen LogP) is 2.72. The van der Waals surface area contributed by atoms with Crippen LogP contribution in [-0.4, -0.2) is 34.6 Å². The number of nitrogens with one attached hydrogen (secondary N) is 1. The highest BCUT2D eigenvalue weighted by Crippen LogP contribution is 2.25. The highest BCUT2D eigenvalue weighted by atomic mass is 127. The maximum absolute atomic E-state index is 4.47. The fourth-order valence-corrected chi connectivity index (χ4v) is 3.42. The van der Waals surface area contributed by atoms with Crippen molar-refractivity contribution in [2.45, 2.75) is 0 Å². The first-order valence-electron chi connectivity index (χ1n) is 5.30. The van der Waals surface area contributed by atoms with E-state index in [9.17, 15) is 0 Å². The third kappa shape index (κ3) is 1.90. The molecule has 1 aliphatic heterocycles. The summed E-state index contributed by atoms with van der Waals surface area (Å²) in [7, 11) is 0. The Labute approximate surface area is 112 Å². The first-order valence-corrected chi connectivity index (χ1v) is 7.53. The molecule has 0 radical (unpaired) electrons. The zero-order valence-electron chi connectivity index (χ0n) is 8.74. The molecule has 3 heterocycles. The van der Waals surface area contributed by atoms with Gasteiger partial charge < -0.3 is 9.88 Å². The van der Waals surface area contributed by atoms with Crippen molar-refractivity contribution in [1.82, 2.24) is 9.97 Å². The summed E-state index contributed by atoms with van der Waals surface area (Å²) in [5, 5.41) is 1.23. The predicted molar refractivity (Wildman–Crippen MR) is 78.3 cm³/mol. The molecule has 0 saturated carbocycles. The molecule has 16 heavy (non-hydrogen) atoms. The van der Waals surface area contributed by atoms with E-state index in [1.165, 1.54) is 26.1 Å². The third-order valence-electron chi connectivity index (χ3n) is 2.84. The molecule has 0 atom stereocenters. The molecule has 1 aliphatic rings. The number of hydrogen-bond acceptors (Lipinski definition) is 3. The van der Waals surface area contributed by atoms with Crippen LogP contribution in [0.2, 0.25) is 0 Å². The van der Waals surface area contributed by atoms with E-state index >= 15 is 0 Å². The number of anilines is 1. The van der Waals surface area contributed by atoms with Crippen LogP contribution >= 0.6 is 34.4 Å². The quantitative estimate of drug-likeness (QED) is 0.807. The van der Waals surface area contributed by atoms with E-state index in [4.69, 9.17) is 0 Å². The second kappa shape index (κ2) is 4.44. The molecule has 1 fully saturated rings. The molecule has 0 aliphatic carbocycles. The highest BCUT2D eigenvalue weighted by Gasteiger charge is 2.12. The fourth-order valence-electron chi connectivity index (χ4n) is 1.95. The number of aromatic amines is 1. The SMILES string of the molecule is Ic1c[nH]c2ncc(N3CCSCC3)cc12. The number of hydrogen-bond donors (Lipinski definition) is 1. The van der Waals surface area contributed by atoms with Gasteiger partial charge in [-0.05, 0) is 28.7 Å². The average molecular weight is 345 g/mol. The fraction of sp³-hybridized carbons (Fsp3) is 0.364. The van der Waals surface area contributed by atoms with Crippen LogP contribution in [0, 0.1) is 3.57 Å². The summed E-state index contributed by atoms with van der Waals surface area (Å²) in [5.41, 5.74) is 2.24. The van der Waals surface area contributed by atoms with Crippen molar-refractivity contribution in [3.8, 4) is 0 Å². The zero-order valence-corrected chi connectivity index (χ0v) is 11.7. The molecule has 2 aromatic heterocycles. The molecule has 0 spiro atoms. The molecular weight excluding hydrogens is 333 g/mol. The molecule has 0 unspecified atom stereocenters. The second-order valence-corrected chi connectivity index (χ2v) is 6.21. The lowest BCUT2D eigenvalue weighted by atomic mass is 10.3. The summed E-state index contributed by atoms with van der Waals surface area (Å²) in [4.78, 5) is 10.1. The van der Waals surface area contributed by atoms with Crippen molar-refractivity contribution in [3.63, 3.8) is 0 Å². The van der Waals surface area contributed by atoms with E-state index in [-0.39, 0.29) is 0 Å². The lowest BCUT2D eigenvalue weighted by molar-refractivity contribution is 0.857. The summed E-state index contributed by atoms with van der Waals surface area (Å²) in [6.45, 7) is 2.28. The summed E-state index contributed by atoms with van der Waals surface area (Å²) < 4.78 is 1.24. The van der Waals surface area contributed by atoms with E-state index in [0.717, 1.165) is 18.7 Å². The van der Waals surface area contributed by atoms with Crippen molar-refractivity contribution in [2.24, 2.45) is 0 Å². The minimum absolute atomic E-state index is 0.986. The first-order chi connectivity index (χ1) is 7.84. The lowest BCUT2D eigenvalue weighted by Crippen LogP contribution is -2.32. The second-order valence-electron chi connectivity index (χ2n) is 3.83. The van der Waals surface area contributed by atoms with Crippen molar-refractivity contribution < 1.29 is 0 Å².